The van der Waals surface area contributed by atoms with Crippen LogP contribution in [0.2, 0.25) is 5.02 Å². The molecule has 0 radical (unpaired) electrons. The average molecular weight is 634 g/mol. The van der Waals surface area contributed by atoms with Crippen molar-refractivity contribution in [3.63, 3.8) is 0 Å². The van der Waals surface area contributed by atoms with Crippen LogP contribution < -0.4 is 9.47 Å². The summed E-state index contributed by atoms with van der Waals surface area (Å²) in [7, 11) is 1.59. The summed E-state index contributed by atoms with van der Waals surface area (Å²) in [5, 5.41) is 0.649. The Morgan fingerprint density at radius 2 is 1.52 bits per heavy atom. The summed E-state index contributed by atoms with van der Waals surface area (Å²) >= 11 is 6.14. The van der Waals surface area contributed by atoms with Crippen molar-refractivity contribution < 1.29 is 23.8 Å². The third kappa shape index (κ3) is 6.92. The van der Waals surface area contributed by atoms with Crippen molar-refractivity contribution in [2.45, 2.75) is 44.6 Å². The van der Waals surface area contributed by atoms with Crippen LogP contribution in [-0.2, 0) is 27.4 Å². The molecule has 0 amide bonds. The molecule has 0 spiro atoms. The van der Waals surface area contributed by atoms with E-state index >= 15 is 0 Å². The van der Waals surface area contributed by atoms with E-state index in [2.05, 4.69) is 0 Å². The third-order valence-electron chi connectivity index (χ3n) is 8.75. The Kier molecular flexibility index (Phi) is 9.65. The molecule has 3 atom stereocenters. The number of hydrogen-bond donors (Lipinski definition) is 0. The first-order valence-electron chi connectivity index (χ1n) is 15.5. The largest absolute Gasteiger partial charge is 0.493 e. The number of rotatable bonds is 10. The summed E-state index contributed by atoms with van der Waals surface area (Å²) in [4.78, 5) is 32.8. The second kappa shape index (κ2) is 14.2. The summed E-state index contributed by atoms with van der Waals surface area (Å²) < 4.78 is 17.8. The summed E-state index contributed by atoms with van der Waals surface area (Å²) in [6.45, 7) is 2.46. The predicted molar refractivity (Wildman–Crippen MR) is 180 cm³/mol. The van der Waals surface area contributed by atoms with Crippen LogP contribution in [0.15, 0.2) is 119 Å². The monoisotopic (exact) mass is 633 g/mol. The number of ketones is 1. The molecule has 6 rings (SSSR count). The number of ether oxygens (including phenoxy) is 3. The van der Waals surface area contributed by atoms with E-state index in [4.69, 9.17) is 30.8 Å². The van der Waals surface area contributed by atoms with Gasteiger partial charge < -0.3 is 14.2 Å². The SMILES string of the molecule is COc1cc([C@@H]2C3=C(C[C@@H](c4ccc(Cl)cc4)CC3=O)N=C(C)C2C(=O)OCCc2ccccc2)ccc1OCc1ccccc1. The molecule has 0 bridgehead atoms. The molecule has 46 heavy (non-hydrogen) atoms. The Balaban J connectivity index is 1.33. The predicted octanol–water partition coefficient (Wildman–Crippen LogP) is 8.29. The summed E-state index contributed by atoms with van der Waals surface area (Å²) in [6, 6.07) is 33.1. The lowest BCUT2D eigenvalue weighted by Gasteiger charge is -2.36. The van der Waals surface area contributed by atoms with Gasteiger partial charge in [-0.15, -0.1) is 0 Å². The van der Waals surface area contributed by atoms with E-state index in [1.165, 1.54) is 0 Å². The minimum absolute atomic E-state index is 0.0205. The molecule has 7 heteroatoms. The number of nitrogens with zero attached hydrogens (tertiary/aromatic N) is 1. The normalized spacial score (nSPS) is 19.2. The lowest BCUT2D eigenvalue weighted by Crippen LogP contribution is -2.38. The molecule has 6 nitrogen and oxygen atoms in total. The zero-order chi connectivity index (χ0) is 32.0. The van der Waals surface area contributed by atoms with Gasteiger partial charge in [0.25, 0.3) is 0 Å². The van der Waals surface area contributed by atoms with Crippen molar-refractivity contribution >= 4 is 29.1 Å². The van der Waals surface area contributed by atoms with Crippen LogP contribution in [0, 0.1) is 5.92 Å². The molecule has 0 fully saturated rings. The molecular formula is C39H36ClNO5. The Bertz CT molecular complexity index is 1770. The lowest BCUT2D eigenvalue weighted by atomic mass is 9.69. The van der Waals surface area contributed by atoms with E-state index in [0.717, 1.165) is 28.0 Å². The van der Waals surface area contributed by atoms with Gasteiger partial charge in [-0.05, 0) is 65.8 Å². The van der Waals surface area contributed by atoms with Crippen LogP contribution in [-0.4, -0.2) is 31.2 Å². The van der Waals surface area contributed by atoms with E-state index in [9.17, 15) is 9.59 Å². The second-order valence-corrected chi connectivity index (χ2v) is 12.2. The number of hydrogen-bond acceptors (Lipinski definition) is 6. The van der Waals surface area contributed by atoms with Crippen LogP contribution in [0.3, 0.4) is 0 Å². The van der Waals surface area contributed by atoms with Gasteiger partial charge in [-0.1, -0.05) is 90.5 Å². The number of benzene rings is 4. The number of carbonyl (C=O) groups is 2. The highest BCUT2D eigenvalue weighted by Gasteiger charge is 2.45. The Morgan fingerprint density at radius 3 is 2.22 bits per heavy atom. The third-order valence-corrected chi connectivity index (χ3v) is 9.00. The summed E-state index contributed by atoms with van der Waals surface area (Å²) in [5.41, 5.74) is 5.84. The second-order valence-electron chi connectivity index (χ2n) is 11.7. The van der Waals surface area contributed by atoms with Crippen LogP contribution in [0.25, 0.3) is 0 Å². The van der Waals surface area contributed by atoms with Crippen LogP contribution in [0.4, 0.5) is 0 Å². The van der Waals surface area contributed by atoms with Gasteiger partial charge in [0, 0.05) is 40.8 Å². The van der Waals surface area contributed by atoms with Crippen molar-refractivity contribution in [3.05, 3.63) is 142 Å². The first-order valence-corrected chi connectivity index (χ1v) is 15.9. The van der Waals surface area contributed by atoms with Gasteiger partial charge in [0.15, 0.2) is 17.3 Å². The number of halogens is 1. The van der Waals surface area contributed by atoms with Crippen molar-refractivity contribution in [3.8, 4) is 11.5 Å². The molecule has 0 saturated carbocycles. The first kappa shape index (κ1) is 31.3. The first-order chi connectivity index (χ1) is 22.4. The van der Waals surface area contributed by atoms with Gasteiger partial charge >= 0.3 is 5.97 Å². The molecule has 234 valence electrons. The van der Waals surface area contributed by atoms with Crippen molar-refractivity contribution in [1.82, 2.24) is 0 Å². The molecule has 4 aromatic rings. The van der Waals surface area contributed by atoms with Gasteiger partial charge in [0.1, 0.15) is 12.5 Å². The van der Waals surface area contributed by atoms with Crippen molar-refractivity contribution in [2.75, 3.05) is 13.7 Å². The molecule has 1 aliphatic carbocycles. The zero-order valence-electron chi connectivity index (χ0n) is 25.9. The number of Topliss-reactive ketones (excluding diaryl/α,β-unsaturated/α-hetero) is 1. The summed E-state index contributed by atoms with van der Waals surface area (Å²) in [5.74, 6) is -0.686. The van der Waals surface area contributed by atoms with Crippen molar-refractivity contribution in [2.24, 2.45) is 10.9 Å². The van der Waals surface area contributed by atoms with Gasteiger partial charge in [-0.3, -0.25) is 14.6 Å². The molecule has 0 N–H and O–H groups in total. The minimum Gasteiger partial charge on any atom is -0.493 e. The fraction of sp³-hybridized carbons (Fsp3) is 0.256. The molecule has 0 saturated heterocycles. The fourth-order valence-corrected chi connectivity index (χ4v) is 6.56. The number of aliphatic imine (C=N–C) groups is 1. The van der Waals surface area contributed by atoms with Crippen LogP contribution >= 0.6 is 11.6 Å². The standard InChI is InChI=1S/C39H36ClNO5/c1-25-36(39(43)45-20-19-26-9-5-3-6-10-26)37(29-15-18-34(35(23-29)44-2)46-24-27-11-7-4-8-12-27)38-32(41-25)21-30(22-33(38)42)28-13-16-31(40)17-14-28/h3-18,23,30,36-37H,19-22,24H2,1-2H3/t30-,36?,37+/m1/s1. The smallest absolute Gasteiger partial charge is 0.315 e. The van der Waals surface area contributed by atoms with Gasteiger partial charge in [-0.2, -0.15) is 0 Å². The molecular weight excluding hydrogens is 598 g/mol. The Labute approximate surface area is 274 Å². The molecule has 0 aromatic heterocycles. The highest BCUT2D eigenvalue weighted by atomic mass is 35.5. The molecule has 1 heterocycles. The van der Waals surface area contributed by atoms with E-state index in [0.29, 0.717) is 53.7 Å². The van der Waals surface area contributed by atoms with Gasteiger partial charge in [0.2, 0.25) is 0 Å². The van der Waals surface area contributed by atoms with Crippen molar-refractivity contribution in [1.29, 1.82) is 0 Å². The minimum atomic E-state index is -0.758. The number of allylic oxidation sites excluding steroid dienone is 2. The van der Waals surface area contributed by atoms with E-state index in [1.54, 1.807) is 7.11 Å². The highest BCUT2D eigenvalue weighted by Crippen LogP contribution is 2.48. The maximum Gasteiger partial charge on any atom is 0.315 e. The fourth-order valence-electron chi connectivity index (χ4n) is 6.43. The molecule has 1 aliphatic heterocycles. The summed E-state index contributed by atoms with van der Waals surface area (Å²) in [6.07, 6.45) is 1.50. The van der Waals surface area contributed by atoms with Gasteiger partial charge in [0.05, 0.1) is 13.7 Å². The topological polar surface area (TPSA) is 74.2 Å². The lowest BCUT2D eigenvalue weighted by molar-refractivity contribution is -0.146. The molecule has 2 aliphatic rings. The zero-order valence-corrected chi connectivity index (χ0v) is 26.7. The van der Waals surface area contributed by atoms with E-state index < -0.39 is 17.8 Å². The number of carbonyl (C=O) groups excluding carboxylic acids is 2. The Morgan fingerprint density at radius 1 is 0.848 bits per heavy atom. The van der Waals surface area contributed by atoms with E-state index in [1.807, 2.05) is 110 Å². The number of esters is 1. The Hall–Kier alpha value is -4.68. The molecule has 4 aromatic carbocycles. The quantitative estimate of drug-likeness (QED) is 0.164. The number of methoxy groups -OCH3 is 1. The maximum absolute atomic E-state index is 14.1. The average Bonchev–Trinajstić information content (AvgIpc) is 3.07. The van der Waals surface area contributed by atoms with Crippen LogP contribution in [0.5, 0.6) is 11.5 Å². The molecule has 1 unspecified atom stereocenters. The maximum atomic E-state index is 14.1. The van der Waals surface area contributed by atoms with Crippen LogP contribution in [0.1, 0.15) is 53.9 Å². The van der Waals surface area contributed by atoms with Gasteiger partial charge in [-0.25, -0.2) is 0 Å². The van der Waals surface area contributed by atoms with E-state index in [-0.39, 0.29) is 18.3 Å². The highest BCUT2D eigenvalue weighted by molar-refractivity contribution is 6.30.